The predicted octanol–water partition coefficient (Wildman–Crippen LogP) is 4.92. The first-order valence-electron chi connectivity index (χ1n) is 7.17. The summed E-state index contributed by atoms with van der Waals surface area (Å²) in [5.41, 5.74) is 2.27. The Labute approximate surface area is 141 Å². The summed E-state index contributed by atoms with van der Waals surface area (Å²) >= 11 is 0. The van der Waals surface area contributed by atoms with Crippen LogP contribution < -0.4 is 9.47 Å². The Morgan fingerprint density at radius 2 is 1.04 bits per heavy atom. The highest BCUT2D eigenvalue weighted by Gasteiger charge is 2.06. The molecule has 0 unspecified atom stereocenters. The monoisotopic (exact) mass is 316 g/mol. The van der Waals surface area contributed by atoms with Gasteiger partial charge in [-0.2, -0.15) is 0 Å². The molecule has 0 bridgehead atoms. The Bertz CT molecular complexity index is 760. The van der Waals surface area contributed by atoms with Crippen LogP contribution in [0.2, 0.25) is 0 Å². The minimum absolute atomic E-state index is 0.297. The van der Waals surface area contributed by atoms with Gasteiger partial charge in [0.2, 0.25) is 0 Å². The second-order valence-corrected chi connectivity index (χ2v) is 4.83. The molecule has 0 saturated heterocycles. The van der Waals surface area contributed by atoms with Gasteiger partial charge in [-0.25, -0.2) is 0 Å². The molecule has 2 rings (SSSR count). The van der Waals surface area contributed by atoms with E-state index in [-0.39, 0.29) is 0 Å². The first-order valence-corrected chi connectivity index (χ1v) is 7.17. The van der Waals surface area contributed by atoms with Crippen molar-refractivity contribution in [3.63, 3.8) is 0 Å². The Morgan fingerprint density at radius 3 is 1.29 bits per heavy atom. The van der Waals surface area contributed by atoms with Gasteiger partial charge >= 0.3 is 0 Å². The summed E-state index contributed by atoms with van der Waals surface area (Å²) in [4.78, 5) is 7.00. The Kier molecular flexibility index (Phi) is 5.77. The minimum Gasteiger partial charge on any atom is -0.497 e. The largest absolute Gasteiger partial charge is 0.497 e. The zero-order chi connectivity index (χ0) is 17.4. The van der Waals surface area contributed by atoms with Gasteiger partial charge in [0.1, 0.15) is 11.5 Å². The van der Waals surface area contributed by atoms with Crippen LogP contribution in [0.5, 0.6) is 11.5 Å². The Hall–Kier alpha value is -3.50. The van der Waals surface area contributed by atoms with Gasteiger partial charge in [0.05, 0.1) is 27.4 Å². The topological polar surface area (TPSA) is 27.2 Å². The molecule has 0 aromatic heterocycles. The summed E-state index contributed by atoms with van der Waals surface area (Å²) < 4.78 is 10.2. The van der Waals surface area contributed by atoms with E-state index >= 15 is 0 Å². The van der Waals surface area contributed by atoms with Crippen molar-refractivity contribution in [3.8, 4) is 11.5 Å². The van der Waals surface area contributed by atoms with Crippen molar-refractivity contribution in [1.82, 2.24) is 0 Å². The Balaban J connectivity index is 2.34. The van der Waals surface area contributed by atoms with Crippen LogP contribution in [0.3, 0.4) is 0 Å². The van der Waals surface area contributed by atoms with Crippen molar-refractivity contribution >= 4 is 12.2 Å². The normalized spacial score (nSPS) is 11.3. The number of ether oxygens (including phenoxy) is 2. The first kappa shape index (κ1) is 16.9. The molecular formula is C20H16N2O2. The molecule has 0 heterocycles. The molecule has 4 nitrogen and oxygen atoms in total. The number of nitrogens with zero attached hydrogens (tertiary/aromatic N) is 2. The van der Waals surface area contributed by atoms with Crippen LogP contribution in [-0.4, -0.2) is 14.2 Å². The van der Waals surface area contributed by atoms with E-state index in [9.17, 15) is 0 Å². The highest BCUT2D eigenvalue weighted by Crippen LogP contribution is 2.22. The van der Waals surface area contributed by atoms with Crippen molar-refractivity contribution in [2.24, 2.45) is 0 Å². The van der Waals surface area contributed by atoms with Gasteiger partial charge in [0.15, 0.2) is 11.4 Å². The van der Waals surface area contributed by atoms with E-state index in [0.29, 0.717) is 11.4 Å². The van der Waals surface area contributed by atoms with Crippen molar-refractivity contribution in [1.29, 1.82) is 0 Å². The molecule has 4 heteroatoms. The molecule has 0 N–H and O–H groups in total. The van der Waals surface area contributed by atoms with Crippen molar-refractivity contribution in [3.05, 3.63) is 93.9 Å². The number of hydrogen-bond acceptors (Lipinski definition) is 2. The lowest BCUT2D eigenvalue weighted by Gasteiger charge is -2.02. The van der Waals surface area contributed by atoms with Crippen LogP contribution in [-0.2, 0) is 0 Å². The number of benzene rings is 2. The SMILES string of the molecule is [C-]#[N+]C(=C\c1ccc(OC)cc1)/C(=C/c1ccc(OC)cc1)[N+]#[C-]. The zero-order valence-electron chi connectivity index (χ0n) is 13.5. The average Bonchev–Trinajstić information content (AvgIpc) is 2.65. The fourth-order valence-electron chi connectivity index (χ4n) is 2.04. The second kappa shape index (κ2) is 8.22. The molecule has 24 heavy (non-hydrogen) atoms. The molecule has 0 aliphatic carbocycles. The van der Waals surface area contributed by atoms with E-state index in [0.717, 1.165) is 22.6 Å². The van der Waals surface area contributed by atoms with Crippen molar-refractivity contribution in [2.45, 2.75) is 0 Å². The third-order valence-corrected chi connectivity index (χ3v) is 3.34. The van der Waals surface area contributed by atoms with Crippen LogP contribution in [0.25, 0.3) is 21.8 Å². The highest BCUT2D eigenvalue weighted by molar-refractivity contribution is 5.69. The summed E-state index contributed by atoms with van der Waals surface area (Å²) in [5, 5.41) is 0. The minimum atomic E-state index is 0.297. The zero-order valence-corrected chi connectivity index (χ0v) is 13.5. The molecule has 0 aliphatic rings. The maximum absolute atomic E-state index is 7.38. The van der Waals surface area contributed by atoms with Gasteiger partial charge in [0, 0.05) is 0 Å². The smallest absolute Gasteiger partial charge is 0.195 e. The van der Waals surface area contributed by atoms with Crippen molar-refractivity contribution < 1.29 is 9.47 Å². The van der Waals surface area contributed by atoms with Crippen LogP contribution in [0.4, 0.5) is 0 Å². The third kappa shape index (κ3) is 4.25. The van der Waals surface area contributed by atoms with Gasteiger partial charge in [-0.05, 0) is 35.4 Å². The van der Waals surface area contributed by atoms with E-state index in [1.165, 1.54) is 0 Å². The van der Waals surface area contributed by atoms with E-state index in [4.69, 9.17) is 22.6 Å². The number of methoxy groups -OCH3 is 2. The molecule has 0 spiro atoms. The average molecular weight is 316 g/mol. The lowest BCUT2D eigenvalue weighted by Crippen LogP contribution is -1.85. The molecule has 0 saturated carbocycles. The van der Waals surface area contributed by atoms with E-state index in [2.05, 4.69) is 9.69 Å². The predicted molar refractivity (Wildman–Crippen MR) is 95.1 cm³/mol. The lowest BCUT2D eigenvalue weighted by atomic mass is 10.1. The van der Waals surface area contributed by atoms with Crippen LogP contribution in [0, 0.1) is 13.1 Å². The van der Waals surface area contributed by atoms with Crippen LogP contribution in [0.15, 0.2) is 59.9 Å². The molecule has 0 fully saturated rings. The van der Waals surface area contributed by atoms with Crippen molar-refractivity contribution in [2.75, 3.05) is 14.2 Å². The summed E-state index contributed by atoms with van der Waals surface area (Å²) in [6.45, 7) is 14.8. The quantitative estimate of drug-likeness (QED) is 0.578. The number of hydrogen-bond donors (Lipinski definition) is 0. The maximum atomic E-state index is 7.38. The Morgan fingerprint density at radius 1 is 0.708 bits per heavy atom. The molecule has 2 aromatic carbocycles. The first-order chi connectivity index (χ1) is 11.7. The standard InChI is InChI=1S/C20H16N2O2/c1-21-19(13-15-5-9-17(23-3)10-6-15)20(22-2)14-16-7-11-18(24-4)12-8-16/h5-14H,3-4H3/b19-13-,20-14-. The molecule has 0 radical (unpaired) electrons. The van der Waals surface area contributed by atoms with Gasteiger partial charge in [-0.3, -0.25) is 9.69 Å². The molecule has 2 aromatic rings. The summed E-state index contributed by atoms with van der Waals surface area (Å²) in [6, 6.07) is 14.7. The fraction of sp³-hybridized carbons (Fsp3) is 0.100. The van der Waals surface area contributed by atoms with Gasteiger partial charge in [-0.15, -0.1) is 0 Å². The molecular weight excluding hydrogens is 300 g/mol. The van der Waals surface area contributed by atoms with E-state index in [1.807, 2.05) is 48.5 Å². The van der Waals surface area contributed by atoms with E-state index in [1.54, 1.807) is 26.4 Å². The molecule has 0 amide bonds. The maximum Gasteiger partial charge on any atom is 0.195 e. The highest BCUT2D eigenvalue weighted by atomic mass is 16.5. The fourth-order valence-corrected chi connectivity index (χ4v) is 2.04. The van der Waals surface area contributed by atoms with Gasteiger partial charge in [-0.1, -0.05) is 36.4 Å². The second-order valence-electron chi connectivity index (χ2n) is 4.83. The van der Waals surface area contributed by atoms with Gasteiger partial charge < -0.3 is 9.47 Å². The van der Waals surface area contributed by atoms with Gasteiger partial charge in [0.25, 0.3) is 0 Å². The summed E-state index contributed by atoms with van der Waals surface area (Å²) in [6.07, 6.45) is 3.39. The lowest BCUT2D eigenvalue weighted by molar-refractivity contribution is 0.414. The summed E-state index contributed by atoms with van der Waals surface area (Å²) in [7, 11) is 3.20. The van der Waals surface area contributed by atoms with E-state index < -0.39 is 0 Å². The van der Waals surface area contributed by atoms with Crippen LogP contribution in [0.1, 0.15) is 11.1 Å². The molecule has 0 atom stereocenters. The number of rotatable bonds is 5. The molecule has 0 aliphatic heterocycles. The third-order valence-electron chi connectivity index (χ3n) is 3.34. The molecule has 118 valence electrons. The van der Waals surface area contributed by atoms with Crippen LogP contribution >= 0.6 is 0 Å². The summed E-state index contributed by atoms with van der Waals surface area (Å²) in [5.74, 6) is 1.49.